The van der Waals surface area contributed by atoms with Gasteiger partial charge in [0.15, 0.2) is 0 Å². The van der Waals surface area contributed by atoms with E-state index in [-0.39, 0.29) is 18.3 Å². The second-order valence-corrected chi connectivity index (χ2v) is 7.98. The maximum Gasteiger partial charge on any atom is 0.251 e. The van der Waals surface area contributed by atoms with Crippen LogP contribution in [0.1, 0.15) is 42.6 Å². The van der Waals surface area contributed by atoms with E-state index in [0.29, 0.717) is 30.8 Å². The average molecular weight is 376 g/mol. The van der Waals surface area contributed by atoms with Crippen LogP contribution in [0.4, 0.5) is 5.69 Å². The highest BCUT2D eigenvalue weighted by atomic mass is 35.5. The zero-order chi connectivity index (χ0) is 17.3. The largest absolute Gasteiger partial charge is 0.345 e. The summed E-state index contributed by atoms with van der Waals surface area (Å²) < 4.78 is 24.9. The van der Waals surface area contributed by atoms with Gasteiger partial charge in [-0.1, -0.05) is 13.8 Å². The van der Waals surface area contributed by atoms with Crippen LogP contribution in [0.5, 0.6) is 0 Å². The molecule has 0 aliphatic carbocycles. The Bertz CT molecular complexity index is 694. The summed E-state index contributed by atoms with van der Waals surface area (Å²) in [5.74, 6) is -0.167. The van der Waals surface area contributed by atoms with Gasteiger partial charge < -0.3 is 11.1 Å². The Labute approximate surface area is 150 Å². The number of fused-ring (bicyclic) bond motifs is 1. The quantitative estimate of drug-likeness (QED) is 0.791. The maximum atomic E-state index is 12.5. The molecule has 136 valence electrons. The molecule has 0 radical (unpaired) electrons. The lowest BCUT2D eigenvalue weighted by atomic mass is 9.92. The molecule has 6 nitrogen and oxygen atoms in total. The molecule has 1 amide bonds. The van der Waals surface area contributed by atoms with Gasteiger partial charge in [-0.3, -0.25) is 9.10 Å². The van der Waals surface area contributed by atoms with Crippen molar-refractivity contribution < 1.29 is 13.2 Å². The van der Waals surface area contributed by atoms with Gasteiger partial charge in [0.2, 0.25) is 10.0 Å². The van der Waals surface area contributed by atoms with Crippen LogP contribution in [0, 0.1) is 0 Å². The molecule has 0 atom stereocenters. The lowest BCUT2D eigenvalue weighted by molar-refractivity contribution is 0.0895. The number of nitrogens with one attached hydrogen (secondary N) is 1. The lowest BCUT2D eigenvalue weighted by Crippen LogP contribution is -2.52. The van der Waals surface area contributed by atoms with Gasteiger partial charge in [0.1, 0.15) is 0 Å². The Kier molecular flexibility index (Phi) is 6.67. The number of hydrogen-bond acceptors (Lipinski definition) is 4. The first-order chi connectivity index (χ1) is 10.8. The van der Waals surface area contributed by atoms with E-state index in [1.807, 2.05) is 13.8 Å². The third-order valence-corrected chi connectivity index (χ3v) is 5.90. The number of anilines is 1. The van der Waals surface area contributed by atoms with Gasteiger partial charge in [-0.25, -0.2) is 8.42 Å². The van der Waals surface area contributed by atoms with E-state index in [4.69, 9.17) is 5.73 Å². The second kappa shape index (κ2) is 7.72. The molecule has 0 aromatic heterocycles. The Morgan fingerprint density at radius 3 is 2.46 bits per heavy atom. The number of carbonyl (C=O) groups excluding carboxylic acids is 1. The van der Waals surface area contributed by atoms with Crippen molar-refractivity contribution in [2.45, 2.75) is 38.6 Å². The van der Waals surface area contributed by atoms with Gasteiger partial charge in [0, 0.05) is 18.7 Å². The minimum absolute atomic E-state index is 0. The maximum absolute atomic E-state index is 12.5. The Hall–Kier alpha value is -1.31. The standard InChI is InChI=1S/C16H25N3O3S.ClH/c1-4-16(5-2,11-17)18-15(20)13-6-7-14-12(10-13)8-9-19(14)23(3,21)22;/h6-7,10H,4-5,8-9,11,17H2,1-3H3,(H,18,20);1H. The summed E-state index contributed by atoms with van der Waals surface area (Å²) in [7, 11) is -3.27. The van der Waals surface area contributed by atoms with Crippen molar-refractivity contribution in [3.05, 3.63) is 29.3 Å². The summed E-state index contributed by atoms with van der Waals surface area (Å²) in [6.45, 7) is 4.82. The number of sulfonamides is 1. The summed E-state index contributed by atoms with van der Waals surface area (Å²) in [4.78, 5) is 12.5. The molecular formula is C16H26ClN3O3S. The predicted molar refractivity (Wildman–Crippen MR) is 99.4 cm³/mol. The third kappa shape index (κ3) is 4.02. The van der Waals surface area contributed by atoms with Gasteiger partial charge >= 0.3 is 0 Å². The molecule has 1 heterocycles. The minimum Gasteiger partial charge on any atom is -0.345 e. The van der Waals surface area contributed by atoms with Crippen molar-refractivity contribution in [3.63, 3.8) is 0 Å². The molecule has 0 spiro atoms. The molecule has 1 aromatic carbocycles. The molecule has 24 heavy (non-hydrogen) atoms. The number of amides is 1. The summed E-state index contributed by atoms with van der Waals surface area (Å²) >= 11 is 0. The first-order valence-corrected chi connectivity index (χ1v) is 9.74. The number of hydrogen-bond donors (Lipinski definition) is 2. The van der Waals surface area contributed by atoms with E-state index >= 15 is 0 Å². The summed E-state index contributed by atoms with van der Waals surface area (Å²) in [5, 5.41) is 3.03. The van der Waals surface area contributed by atoms with Crippen molar-refractivity contribution in [3.8, 4) is 0 Å². The van der Waals surface area contributed by atoms with Crippen LogP contribution in [0.25, 0.3) is 0 Å². The Balaban J connectivity index is 0.00000288. The zero-order valence-electron chi connectivity index (χ0n) is 14.3. The van der Waals surface area contributed by atoms with Crippen molar-refractivity contribution in [2.24, 2.45) is 5.73 Å². The van der Waals surface area contributed by atoms with Gasteiger partial charge in [0.25, 0.3) is 5.91 Å². The number of nitrogens with zero attached hydrogens (tertiary/aromatic N) is 1. The molecule has 1 aliphatic heterocycles. The number of benzene rings is 1. The van der Waals surface area contributed by atoms with E-state index < -0.39 is 15.6 Å². The van der Waals surface area contributed by atoms with Crippen LogP contribution in [0.15, 0.2) is 18.2 Å². The number of nitrogens with two attached hydrogens (primary N) is 1. The van der Waals surface area contributed by atoms with Crippen LogP contribution < -0.4 is 15.4 Å². The van der Waals surface area contributed by atoms with Crippen LogP contribution in [-0.4, -0.2) is 39.2 Å². The molecule has 0 unspecified atom stereocenters. The van der Waals surface area contributed by atoms with Crippen molar-refractivity contribution in [1.29, 1.82) is 0 Å². The molecule has 0 bridgehead atoms. The van der Waals surface area contributed by atoms with Crippen molar-refractivity contribution in [2.75, 3.05) is 23.7 Å². The fraction of sp³-hybridized carbons (Fsp3) is 0.562. The molecule has 2 rings (SSSR count). The summed E-state index contributed by atoms with van der Waals surface area (Å²) in [6.07, 6.45) is 3.34. The molecule has 0 saturated heterocycles. The zero-order valence-corrected chi connectivity index (χ0v) is 16.0. The Morgan fingerprint density at radius 1 is 1.33 bits per heavy atom. The normalized spacial score (nSPS) is 14.1. The molecule has 1 aromatic rings. The molecule has 0 saturated carbocycles. The first-order valence-electron chi connectivity index (χ1n) is 7.89. The van der Waals surface area contributed by atoms with Gasteiger partial charge in [0.05, 0.1) is 17.5 Å². The topological polar surface area (TPSA) is 92.5 Å². The fourth-order valence-corrected chi connectivity index (χ4v) is 3.90. The SMILES string of the molecule is CCC(CC)(CN)NC(=O)c1ccc2c(c1)CCN2S(C)(=O)=O.Cl. The van der Waals surface area contributed by atoms with E-state index in [1.165, 1.54) is 10.6 Å². The van der Waals surface area contributed by atoms with Gasteiger partial charge in [-0.2, -0.15) is 0 Å². The summed E-state index contributed by atoms with van der Waals surface area (Å²) in [6, 6.07) is 5.16. The molecule has 1 aliphatic rings. The third-order valence-electron chi connectivity index (χ3n) is 4.72. The second-order valence-electron chi connectivity index (χ2n) is 6.07. The van der Waals surface area contributed by atoms with Crippen LogP contribution in [-0.2, 0) is 16.4 Å². The van der Waals surface area contributed by atoms with E-state index in [9.17, 15) is 13.2 Å². The summed E-state index contributed by atoms with van der Waals surface area (Å²) in [5.41, 5.74) is 7.52. The van der Waals surface area contributed by atoms with Crippen LogP contribution in [0.3, 0.4) is 0 Å². The van der Waals surface area contributed by atoms with Crippen molar-refractivity contribution in [1.82, 2.24) is 5.32 Å². The molecular weight excluding hydrogens is 350 g/mol. The van der Waals surface area contributed by atoms with Crippen molar-refractivity contribution >= 4 is 34.0 Å². The van der Waals surface area contributed by atoms with E-state index in [1.54, 1.807) is 18.2 Å². The predicted octanol–water partition coefficient (Wildman–Crippen LogP) is 1.68. The van der Waals surface area contributed by atoms with E-state index in [0.717, 1.165) is 18.4 Å². The minimum atomic E-state index is -3.27. The molecule has 0 fully saturated rings. The van der Waals surface area contributed by atoms with Gasteiger partial charge in [-0.15, -0.1) is 12.4 Å². The van der Waals surface area contributed by atoms with Crippen LogP contribution >= 0.6 is 12.4 Å². The highest BCUT2D eigenvalue weighted by Crippen LogP contribution is 2.30. The monoisotopic (exact) mass is 375 g/mol. The van der Waals surface area contributed by atoms with E-state index in [2.05, 4.69) is 5.32 Å². The number of rotatable bonds is 6. The van der Waals surface area contributed by atoms with Crippen LogP contribution in [0.2, 0.25) is 0 Å². The first kappa shape index (κ1) is 20.7. The fourth-order valence-electron chi connectivity index (χ4n) is 2.94. The lowest BCUT2D eigenvalue weighted by Gasteiger charge is -2.31. The smallest absolute Gasteiger partial charge is 0.251 e. The van der Waals surface area contributed by atoms with Gasteiger partial charge in [-0.05, 0) is 43.0 Å². The Morgan fingerprint density at radius 2 is 1.96 bits per heavy atom. The number of carbonyl (C=O) groups is 1. The molecule has 3 N–H and O–H groups in total. The number of halogens is 1. The molecule has 8 heteroatoms. The highest BCUT2D eigenvalue weighted by Gasteiger charge is 2.29. The highest BCUT2D eigenvalue weighted by molar-refractivity contribution is 7.92. The average Bonchev–Trinajstić information content (AvgIpc) is 2.95.